The fourth-order valence-electron chi connectivity index (χ4n) is 3.03. The van der Waals surface area contributed by atoms with Crippen LogP contribution in [0.4, 0.5) is 4.39 Å². The first-order valence-electron chi connectivity index (χ1n) is 7.88. The highest BCUT2D eigenvalue weighted by Crippen LogP contribution is 2.27. The molecule has 0 aliphatic rings. The summed E-state index contributed by atoms with van der Waals surface area (Å²) >= 11 is 0. The molecule has 0 unspecified atom stereocenters. The predicted octanol–water partition coefficient (Wildman–Crippen LogP) is 4.84. The Balaban J connectivity index is 1.94. The van der Waals surface area contributed by atoms with Crippen molar-refractivity contribution in [3.05, 3.63) is 88.8 Å². The van der Waals surface area contributed by atoms with E-state index in [0.717, 1.165) is 5.82 Å². The largest absolute Gasteiger partial charge is 0.330 e. The summed E-state index contributed by atoms with van der Waals surface area (Å²) in [7, 11) is 0. The number of hydrogen-bond acceptors (Lipinski definition) is 1. The molecule has 0 saturated carbocycles. The van der Waals surface area contributed by atoms with E-state index in [9.17, 15) is 4.39 Å². The van der Waals surface area contributed by atoms with Gasteiger partial charge in [-0.1, -0.05) is 43.3 Å². The van der Waals surface area contributed by atoms with Crippen molar-refractivity contribution in [3.8, 4) is 0 Å². The zero-order chi connectivity index (χ0) is 16.4. The third-order valence-corrected chi connectivity index (χ3v) is 4.55. The number of rotatable bonds is 4. The lowest BCUT2D eigenvalue weighted by Gasteiger charge is -2.18. The van der Waals surface area contributed by atoms with Gasteiger partial charge >= 0.3 is 0 Å². The lowest BCUT2D eigenvalue weighted by molar-refractivity contribution is 0.591. The monoisotopic (exact) mass is 308 g/mol. The molecule has 0 amide bonds. The van der Waals surface area contributed by atoms with Crippen LogP contribution >= 0.6 is 0 Å². The average Bonchev–Trinajstić information content (AvgIpc) is 3.00. The summed E-state index contributed by atoms with van der Waals surface area (Å²) in [6.07, 6.45) is 3.71. The van der Waals surface area contributed by atoms with Crippen LogP contribution < -0.4 is 0 Å². The Morgan fingerprint density at radius 1 is 1.09 bits per heavy atom. The highest BCUT2D eigenvalue weighted by Gasteiger charge is 2.17. The van der Waals surface area contributed by atoms with Crippen molar-refractivity contribution < 1.29 is 4.39 Å². The van der Waals surface area contributed by atoms with Gasteiger partial charge in [0, 0.05) is 23.9 Å². The normalized spacial score (nSPS) is 12.3. The minimum absolute atomic E-state index is 0.164. The highest BCUT2D eigenvalue weighted by molar-refractivity contribution is 5.38. The molecule has 2 aromatic carbocycles. The lowest BCUT2D eigenvalue weighted by atomic mass is 9.93. The molecule has 23 heavy (non-hydrogen) atoms. The number of aryl methyl sites for hydroxylation is 1. The first-order valence-corrected chi connectivity index (χ1v) is 7.88. The van der Waals surface area contributed by atoms with Crippen LogP contribution in [0.2, 0.25) is 0 Å². The maximum atomic E-state index is 13.9. The second kappa shape index (κ2) is 6.37. The minimum atomic E-state index is -0.175. The van der Waals surface area contributed by atoms with E-state index in [0.29, 0.717) is 12.1 Å². The quantitative estimate of drug-likeness (QED) is 0.674. The third kappa shape index (κ3) is 3.04. The van der Waals surface area contributed by atoms with Crippen LogP contribution in [0, 0.1) is 19.7 Å². The predicted molar refractivity (Wildman–Crippen MR) is 91.2 cm³/mol. The smallest absolute Gasteiger partial charge is 0.128 e. The molecule has 0 N–H and O–H groups in total. The topological polar surface area (TPSA) is 17.8 Å². The fourth-order valence-corrected chi connectivity index (χ4v) is 3.03. The average molecular weight is 308 g/mol. The van der Waals surface area contributed by atoms with Crippen molar-refractivity contribution in [2.45, 2.75) is 33.2 Å². The van der Waals surface area contributed by atoms with Crippen LogP contribution in [0.3, 0.4) is 0 Å². The van der Waals surface area contributed by atoms with E-state index in [-0.39, 0.29) is 11.7 Å². The summed E-state index contributed by atoms with van der Waals surface area (Å²) in [6.45, 7) is 6.92. The Hall–Kier alpha value is -2.42. The molecule has 118 valence electrons. The van der Waals surface area contributed by atoms with Gasteiger partial charge in [-0.15, -0.1) is 0 Å². The molecule has 0 fully saturated rings. The molecule has 3 rings (SSSR count). The van der Waals surface area contributed by atoms with Gasteiger partial charge in [-0.2, -0.15) is 0 Å². The van der Waals surface area contributed by atoms with Gasteiger partial charge in [0.15, 0.2) is 0 Å². The van der Waals surface area contributed by atoms with E-state index in [1.54, 1.807) is 12.3 Å². The van der Waals surface area contributed by atoms with E-state index in [4.69, 9.17) is 0 Å². The molecule has 2 nitrogen and oxygen atoms in total. The second-order valence-corrected chi connectivity index (χ2v) is 6.02. The zero-order valence-corrected chi connectivity index (χ0v) is 13.8. The first-order chi connectivity index (χ1) is 11.1. The molecule has 1 heterocycles. The molecule has 3 aromatic rings. The highest BCUT2D eigenvalue weighted by atomic mass is 19.1. The molecule has 0 bridgehead atoms. The van der Waals surface area contributed by atoms with Gasteiger partial charge in [0.25, 0.3) is 0 Å². The summed E-state index contributed by atoms with van der Waals surface area (Å²) < 4.78 is 16.0. The first kappa shape index (κ1) is 15.5. The Bertz CT molecular complexity index is 820. The lowest BCUT2D eigenvalue weighted by Crippen LogP contribution is -2.10. The van der Waals surface area contributed by atoms with Crippen molar-refractivity contribution in [3.63, 3.8) is 0 Å². The molecule has 0 aliphatic carbocycles. The summed E-state index contributed by atoms with van der Waals surface area (Å²) in [5.41, 5.74) is 4.52. The van der Waals surface area contributed by atoms with Crippen LogP contribution in [0.1, 0.15) is 40.9 Å². The van der Waals surface area contributed by atoms with Crippen molar-refractivity contribution >= 4 is 0 Å². The fraction of sp³-hybridized carbons (Fsp3) is 0.250. The summed E-state index contributed by atoms with van der Waals surface area (Å²) in [6, 6.07) is 13.3. The van der Waals surface area contributed by atoms with Gasteiger partial charge in [0.05, 0.1) is 6.54 Å². The number of aromatic nitrogens is 2. The van der Waals surface area contributed by atoms with E-state index >= 15 is 0 Å². The third-order valence-electron chi connectivity index (χ3n) is 4.55. The van der Waals surface area contributed by atoms with Crippen LogP contribution in [0.25, 0.3) is 0 Å². The standard InChI is InChI=1S/C20H21FN2/c1-14-7-6-9-18(15(14)2)16(3)20-22-11-12-23(20)13-17-8-4-5-10-19(17)21/h4-12,16H,13H2,1-3H3/t16-/m0/s1. The Morgan fingerprint density at radius 2 is 1.87 bits per heavy atom. The molecule has 0 spiro atoms. The zero-order valence-electron chi connectivity index (χ0n) is 13.8. The summed E-state index contributed by atoms with van der Waals surface area (Å²) in [4.78, 5) is 4.53. The van der Waals surface area contributed by atoms with E-state index in [2.05, 4.69) is 44.0 Å². The SMILES string of the molecule is Cc1cccc([C@H](C)c2nccn2Cc2ccccc2F)c1C. The number of benzene rings is 2. The van der Waals surface area contributed by atoms with Crippen LogP contribution in [-0.4, -0.2) is 9.55 Å². The molecule has 0 radical (unpaired) electrons. The molecule has 0 aliphatic heterocycles. The van der Waals surface area contributed by atoms with Gasteiger partial charge in [-0.25, -0.2) is 9.37 Å². The van der Waals surface area contributed by atoms with Crippen LogP contribution in [-0.2, 0) is 6.54 Å². The van der Waals surface area contributed by atoms with Crippen molar-refractivity contribution in [1.29, 1.82) is 0 Å². The maximum Gasteiger partial charge on any atom is 0.128 e. The van der Waals surface area contributed by atoms with Gasteiger partial charge in [-0.05, 0) is 36.6 Å². The van der Waals surface area contributed by atoms with Crippen LogP contribution in [0.15, 0.2) is 54.9 Å². The van der Waals surface area contributed by atoms with Crippen molar-refractivity contribution in [1.82, 2.24) is 9.55 Å². The van der Waals surface area contributed by atoms with Gasteiger partial charge in [0.2, 0.25) is 0 Å². The van der Waals surface area contributed by atoms with Gasteiger partial charge in [0.1, 0.15) is 11.6 Å². The summed E-state index contributed by atoms with van der Waals surface area (Å²) in [5.74, 6) is 0.949. The molecular formula is C20H21FN2. The second-order valence-electron chi connectivity index (χ2n) is 6.02. The van der Waals surface area contributed by atoms with Gasteiger partial charge < -0.3 is 4.57 Å². The van der Waals surface area contributed by atoms with Crippen molar-refractivity contribution in [2.24, 2.45) is 0 Å². The molecule has 0 saturated heterocycles. The molecule has 3 heteroatoms. The number of nitrogens with zero attached hydrogens (tertiary/aromatic N) is 2. The van der Waals surface area contributed by atoms with Crippen LogP contribution in [0.5, 0.6) is 0 Å². The Kier molecular flexibility index (Phi) is 4.28. The summed E-state index contributed by atoms with van der Waals surface area (Å²) in [5, 5.41) is 0. The number of hydrogen-bond donors (Lipinski definition) is 0. The minimum Gasteiger partial charge on any atom is -0.330 e. The Morgan fingerprint density at radius 3 is 2.65 bits per heavy atom. The van der Waals surface area contributed by atoms with E-state index in [1.165, 1.54) is 22.8 Å². The maximum absolute atomic E-state index is 13.9. The van der Waals surface area contributed by atoms with Gasteiger partial charge in [-0.3, -0.25) is 0 Å². The Labute approximate surface area is 136 Å². The molecular weight excluding hydrogens is 287 g/mol. The number of halogens is 1. The number of imidazole rings is 1. The van der Waals surface area contributed by atoms with E-state index < -0.39 is 0 Å². The molecule has 1 atom stereocenters. The van der Waals surface area contributed by atoms with Crippen molar-refractivity contribution in [2.75, 3.05) is 0 Å². The van der Waals surface area contributed by atoms with E-state index in [1.807, 2.05) is 22.9 Å². The molecule has 1 aromatic heterocycles.